The van der Waals surface area contributed by atoms with Gasteiger partial charge in [-0.1, -0.05) is 36.4 Å². The molecule has 0 aliphatic carbocycles. The van der Waals surface area contributed by atoms with Crippen LogP contribution in [0.4, 0.5) is 17.1 Å². The summed E-state index contributed by atoms with van der Waals surface area (Å²) in [5, 5.41) is 1.08. The van der Waals surface area contributed by atoms with Crippen molar-refractivity contribution in [2.24, 2.45) is 0 Å². The summed E-state index contributed by atoms with van der Waals surface area (Å²) in [6.45, 7) is 2.98. The van der Waals surface area contributed by atoms with Crippen molar-refractivity contribution in [3.63, 3.8) is 0 Å². The van der Waals surface area contributed by atoms with Crippen LogP contribution in [0.3, 0.4) is 0 Å². The standard InChI is InChI=1S/C17H17N3/c1-2-20(13-8-4-3-5-9-13)17-14-10-6-7-11-16(14)19-12-15(17)18/h3-12H,2,18H2,1H3. The van der Waals surface area contributed by atoms with Crippen LogP contribution in [0.25, 0.3) is 10.9 Å². The largest absolute Gasteiger partial charge is 0.396 e. The molecular weight excluding hydrogens is 246 g/mol. The third-order valence-corrected chi connectivity index (χ3v) is 3.43. The highest BCUT2D eigenvalue weighted by molar-refractivity contribution is 5.99. The summed E-state index contributed by atoms with van der Waals surface area (Å²) in [6, 6.07) is 18.4. The van der Waals surface area contributed by atoms with Gasteiger partial charge in [0.1, 0.15) is 0 Å². The molecule has 0 saturated heterocycles. The van der Waals surface area contributed by atoms with Crippen molar-refractivity contribution < 1.29 is 0 Å². The zero-order valence-electron chi connectivity index (χ0n) is 11.5. The van der Waals surface area contributed by atoms with Gasteiger partial charge in [0.05, 0.1) is 23.1 Å². The lowest BCUT2D eigenvalue weighted by molar-refractivity contribution is 1.03. The highest BCUT2D eigenvalue weighted by Crippen LogP contribution is 2.35. The molecule has 3 aromatic rings. The first kappa shape index (κ1) is 12.5. The van der Waals surface area contributed by atoms with E-state index in [1.165, 1.54) is 0 Å². The maximum absolute atomic E-state index is 6.20. The molecule has 0 spiro atoms. The van der Waals surface area contributed by atoms with E-state index in [4.69, 9.17) is 5.73 Å². The predicted molar refractivity (Wildman–Crippen MR) is 85.3 cm³/mol. The summed E-state index contributed by atoms with van der Waals surface area (Å²) in [5.41, 5.74) is 10.0. The maximum Gasteiger partial charge on any atom is 0.0755 e. The van der Waals surface area contributed by atoms with Crippen molar-refractivity contribution in [1.82, 2.24) is 4.98 Å². The molecule has 0 unspecified atom stereocenters. The number of anilines is 3. The van der Waals surface area contributed by atoms with Crippen LogP contribution in [0, 0.1) is 0 Å². The maximum atomic E-state index is 6.20. The summed E-state index contributed by atoms with van der Waals surface area (Å²) in [4.78, 5) is 6.62. The Kier molecular flexibility index (Phi) is 3.25. The highest BCUT2D eigenvalue weighted by Gasteiger charge is 2.14. The molecule has 3 heteroatoms. The molecule has 0 bridgehead atoms. The number of hydrogen-bond acceptors (Lipinski definition) is 3. The molecule has 0 atom stereocenters. The van der Waals surface area contributed by atoms with Crippen molar-refractivity contribution in [2.75, 3.05) is 17.2 Å². The molecule has 2 N–H and O–H groups in total. The van der Waals surface area contributed by atoms with Gasteiger partial charge in [-0.3, -0.25) is 4.98 Å². The fourth-order valence-corrected chi connectivity index (χ4v) is 2.52. The number of aromatic nitrogens is 1. The summed E-state index contributed by atoms with van der Waals surface area (Å²) in [6.07, 6.45) is 1.74. The number of fused-ring (bicyclic) bond motifs is 1. The second-order valence-electron chi connectivity index (χ2n) is 4.66. The van der Waals surface area contributed by atoms with E-state index >= 15 is 0 Å². The number of rotatable bonds is 3. The minimum absolute atomic E-state index is 0.703. The molecule has 3 rings (SSSR count). The van der Waals surface area contributed by atoms with Gasteiger partial charge in [0, 0.05) is 17.6 Å². The normalized spacial score (nSPS) is 10.7. The zero-order valence-corrected chi connectivity index (χ0v) is 11.5. The Labute approximate surface area is 118 Å². The second kappa shape index (κ2) is 5.21. The van der Waals surface area contributed by atoms with Crippen LogP contribution < -0.4 is 10.6 Å². The monoisotopic (exact) mass is 263 g/mol. The van der Waals surface area contributed by atoms with Gasteiger partial charge in [-0.25, -0.2) is 0 Å². The average molecular weight is 263 g/mol. The van der Waals surface area contributed by atoms with Crippen LogP contribution in [0.5, 0.6) is 0 Å². The lowest BCUT2D eigenvalue weighted by Gasteiger charge is -2.26. The number of pyridine rings is 1. The summed E-state index contributed by atoms with van der Waals surface area (Å²) in [5.74, 6) is 0. The summed E-state index contributed by atoms with van der Waals surface area (Å²) in [7, 11) is 0. The Morgan fingerprint density at radius 3 is 2.45 bits per heavy atom. The summed E-state index contributed by atoms with van der Waals surface area (Å²) >= 11 is 0. The Balaban J connectivity index is 2.24. The van der Waals surface area contributed by atoms with Gasteiger partial charge in [-0.15, -0.1) is 0 Å². The van der Waals surface area contributed by atoms with Crippen LogP contribution in [-0.2, 0) is 0 Å². The van der Waals surface area contributed by atoms with Gasteiger partial charge >= 0.3 is 0 Å². The molecule has 0 aliphatic rings. The quantitative estimate of drug-likeness (QED) is 0.777. The van der Waals surface area contributed by atoms with Gasteiger partial charge in [-0.2, -0.15) is 0 Å². The van der Waals surface area contributed by atoms with E-state index in [9.17, 15) is 0 Å². The number of benzene rings is 2. The van der Waals surface area contributed by atoms with E-state index in [-0.39, 0.29) is 0 Å². The first-order chi connectivity index (χ1) is 9.81. The van der Waals surface area contributed by atoms with Crippen LogP contribution in [0.1, 0.15) is 6.92 Å². The van der Waals surface area contributed by atoms with E-state index < -0.39 is 0 Å². The Bertz CT molecular complexity index is 723. The Hall–Kier alpha value is -2.55. The van der Waals surface area contributed by atoms with Gasteiger partial charge in [-0.05, 0) is 25.1 Å². The molecular formula is C17H17N3. The van der Waals surface area contributed by atoms with Crippen LogP contribution >= 0.6 is 0 Å². The molecule has 1 aromatic heterocycles. The molecule has 0 aliphatic heterocycles. The SMILES string of the molecule is CCN(c1ccccc1)c1c(N)cnc2ccccc12. The molecule has 100 valence electrons. The fraction of sp³-hybridized carbons (Fsp3) is 0.118. The molecule has 0 amide bonds. The molecule has 0 radical (unpaired) electrons. The molecule has 0 saturated carbocycles. The molecule has 20 heavy (non-hydrogen) atoms. The number of nitrogens with zero attached hydrogens (tertiary/aromatic N) is 2. The first-order valence-electron chi connectivity index (χ1n) is 6.77. The molecule has 3 nitrogen and oxygen atoms in total. The van der Waals surface area contributed by atoms with Gasteiger partial charge in [0.15, 0.2) is 0 Å². The van der Waals surface area contributed by atoms with E-state index in [0.717, 1.165) is 28.8 Å². The van der Waals surface area contributed by atoms with Gasteiger partial charge in [0.2, 0.25) is 0 Å². The van der Waals surface area contributed by atoms with Crippen molar-refractivity contribution in [3.05, 3.63) is 60.8 Å². The summed E-state index contributed by atoms with van der Waals surface area (Å²) < 4.78 is 0. The predicted octanol–water partition coefficient (Wildman–Crippen LogP) is 3.98. The van der Waals surface area contributed by atoms with Gasteiger partial charge in [0.25, 0.3) is 0 Å². The topological polar surface area (TPSA) is 42.1 Å². The Morgan fingerprint density at radius 1 is 1.00 bits per heavy atom. The van der Waals surface area contributed by atoms with Crippen molar-refractivity contribution in [1.29, 1.82) is 0 Å². The number of para-hydroxylation sites is 2. The zero-order chi connectivity index (χ0) is 13.9. The Morgan fingerprint density at radius 2 is 1.70 bits per heavy atom. The van der Waals surface area contributed by atoms with Crippen LogP contribution in [-0.4, -0.2) is 11.5 Å². The minimum Gasteiger partial charge on any atom is -0.396 e. The van der Waals surface area contributed by atoms with Crippen LogP contribution in [0.15, 0.2) is 60.8 Å². The van der Waals surface area contributed by atoms with Crippen LogP contribution in [0.2, 0.25) is 0 Å². The molecule has 1 heterocycles. The second-order valence-corrected chi connectivity index (χ2v) is 4.66. The lowest BCUT2D eigenvalue weighted by atomic mass is 10.1. The van der Waals surface area contributed by atoms with E-state index in [0.29, 0.717) is 5.69 Å². The van der Waals surface area contributed by atoms with E-state index in [1.807, 2.05) is 36.4 Å². The van der Waals surface area contributed by atoms with Gasteiger partial charge < -0.3 is 10.6 Å². The minimum atomic E-state index is 0.703. The first-order valence-corrected chi connectivity index (χ1v) is 6.77. The fourth-order valence-electron chi connectivity index (χ4n) is 2.52. The van der Waals surface area contributed by atoms with E-state index in [1.54, 1.807) is 6.20 Å². The number of nitrogens with two attached hydrogens (primary N) is 1. The smallest absolute Gasteiger partial charge is 0.0755 e. The van der Waals surface area contributed by atoms with Crippen molar-refractivity contribution >= 4 is 28.0 Å². The third kappa shape index (κ3) is 2.07. The lowest BCUT2D eigenvalue weighted by Crippen LogP contribution is -2.18. The van der Waals surface area contributed by atoms with Crippen molar-refractivity contribution in [3.8, 4) is 0 Å². The number of nitrogen functional groups attached to an aromatic ring is 1. The molecule has 0 fully saturated rings. The highest BCUT2D eigenvalue weighted by atomic mass is 15.1. The number of hydrogen-bond donors (Lipinski definition) is 1. The molecule has 2 aromatic carbocycles. The van der Waals surface area contributed by atoms with Crippen molar-refractivity contribution in [2.45, 2.75) is 6.92 Å². The third-order valence-electron chi connectivity index (χ3n) is 3.43. The van der Waals surface area contributed by atoms with E-state index in [2.05, 4.69) is 35.0 Å². The average Bonchev–Trinajstić information content (AvgIpc) is 2.51.